The van der Waals surface area contributed by atoms with Crippen molar-refractivity contribution in [2.24, 2.45) is 0 Å². The molecule has 0 aromatic carbocycles. The Morgan fingerprint density at radius 1 is 1.38 bits per heavy atom. The van der Waals surface area contributed by atoms with Crippen molar-refractivity contribution in [3.8, 4) is 6.07 Å². The number of nitrogens with zero attached hydrogens (tertiary/aromatic N) is 4. The lowest BCUT2D eigenvalue weighted by atomic mass is 10.1. The minimum Gasteiger partial charge on any atom is -0.356 e. The van der Waals surface area contributed by atoms with Crippen molar-refractivity contribution in [2.45, 2.75) is 18.8 Å². The summed E-state index contributed by atoms with van der Waals surface area (Å²) in [5.41, 5.74) is 0. The van der Waals surface area contributed by atoms with Crippen LogP contribution in [0.2, 0.25) is 0 Å². The van der Waals surface area contributed by atoms with Gasteiger partial charge in [0.15, 0.2) is 0 Å². The maximum absolute atomic E-state index is 12.9. The Bertz CT molecular complexity index is 417. The third-order valence-corrected chi connectivity index (χ3v) is 2.56. The van der Waals surface area contributed by atoms with Gasteiger partial charge in [-0.3, -0.25) is 0 Å². The number of anilines is 1. The molecule has 0 spiro atoms. The lowest BCUT2D eigenvalue weighted by Gasteiger charge is -2.32. The summed E-state index contributed by atoms with van der Waals surface area (Å²) in [6, 6.07) is 3.45. The Hall–Kier alpha value is -1.77. The van der Waals surface area contributed by atoms with Gasteiger partial charge in [-0.1, -0.05) is 0 Å². The first kappa shape index (κ1) is 10.7. The quantitative estimate of drug-likeness (QED) is 0.726. The van der Waals surface area contributed by atoms with Gasteiger partial charge in [0, 0.05) is 32.1 Å². The fraction of sp³-hybridized carbons (Fsp3) is 0.500. The second-order valence-corrected chi connectivity index (χ2v) is 3.69. The molecule has 1 aromatic rings. The van der Waals surface area contributed by atoms with Gasteiger partial charge in [0.2, 0.25) is 5.82 Å². The fourth-order valence-corrected chi connectivity index (χ4v) is 1.64. The second kappa shape index (κ2) is 4.00. The summed E-state index contributed by atoms with van der Waals surface area (Å²) in [4.78, 5) is 9.46. The Balaban J connectivity index is 2.11. The van der Waals surface area contributed by atoms with E-state index in [0.29, 0.717) is 5.82 Å². The summed E-state index contributed by atoms with van der Waals surface area (Å²) in [5.74, 6) is -1.96. The maximum Gasteiger partial charge on any atom is 0.251 e. The molecule has 1 fully saturated rings. The molecule has 2 rings (SSSR count). The van der Waals surface area contributed by atoms with Crippen LogP contribution < -0.4 is 4.90 Å². The SMILES string of the molecule is N#Cc1nccc(N2CCC(F)(F)CC2)n1. The number of hydrogen-bond acceptors (Lipinski definition) is 4. The fourth-order valence-electron chi connectivity index (χ4n) is 1.64. The molecule has 2 heterocycles. The minimum atomic E-state index is -2.57. The molecular formula is C10H10F2N4. The summed E-state index contributed by atoms with van der Waals surface area (Å²) in [7, 11) is 0. The van der Waals surface area contributed by atoms with Crippen LogP contribution in [0.15, 0.2) is 12.3 Å². The summed E-state index contributed by atoms with van der Waals surface area (Å²) < 4.78 is 25.9. The maximum atomic E-state index is 12.9. The van der Waals surface area contributed by atoms with Gasteiger partial charge >= 0.3 is 0 Å². The Morgan fingerprint density at radius 2 is 2.06 bits per heavy atom. The van der Waals surface area contributed by atoms with Crippen LogP contribution in [-0.2, 0) is 0 Å². The van der Waals surface area contributed by atoms with Crippen LogP contribution in [-0.4, -0.2) is 29.0 Å². The van der Waals surface area contributed by atoms with Gasteiger partial charge in [0.25, 0.3) is 5.92 Å². The molecule has 0 saturated carbocycles. The van der Waals surface area contributed by atoms with Crippen molar-refractivity contribution in [3.05, 3.63) is 18.1 Å². The van der Waals surface area contributed by atoms with E-state index in [-0.39, 0.29) is 31.8 Å². The molecule has 4 nitrogen and oxygen atoms in total. The first-order valence-electron chi connectivity index (χ1n) is 4.97. The molecule has 0 radical (unpaired) electrons. The van der Waals surface area contributed by atoms with Crippen LogP contribution in [0.5, 0.6) is 0 Å². The van der Waals surface area contributed by atoms with E-state index in [0.717, 1.165) is 0 Å². The van der Waals surface area contributed by atoms with E-state index in [4.69, 9.17) is 5.26 Å². The van der Waals surface area contributed by atoms with E-state index >= 15 is 0 Å². The zero-order valence-electron chi connectivity index (χ0n) is 8.53. The van der Waals surface area contributed by atoms with Crippen LogP contribution in [0.3, 0.4) is 0 Å². The molecule has 1 saturated heterocycles. The zero-order valence-corrected chi connectivity index (χ0v) is 8.53. The smallest absolute Gasteiger partial charge is 0.251 e. The van der Waals surface area contributed by atoms with Crippen molar-refractivity contribution >= 4 is 5.82 Å². The van der Waals surface area contributed by atoms with Crippen molar-refractivity contribution < 1.29 is 8.78 Å². The lowest BCUT2D eigenvalue weighted by molar-refractivity contribution is -0.0221. The molecule has 0 unspecified atom stereocenters. The molecular weight excluding hydrogens is 214 g/mol. The molecule has 84 valence electrons. The molecule has 1 aliphatic rings. The van der Waals surface area contributed by atoms with E-state index in [2.05, 4.69) is 9.97 Å². The number of aromatic nitrogens is 2. The van der Waals surface area contributed by atoms with E-state index in [9.17, 15) is 8.78 Å². The number of nitriles is 1. The first-order valence-corrected chi connectivity index (χ1v) is 4.97. The number of piperidine rings is 1. The Kier molecular flexibility index (Phi) is 2.69. The molecule has 6 heteroatoms. The summed E-state index contributed by atoms with van der Waals surface area (Å²) in [6.45, 7) is 0.518. The third kappa shape index (κ3) is 2.24. The van der Waals surface area contributed by atoms with Gasteiger partial charge in [-0.25, -0.2) is 18.7 Å². The molecule has 0 aliphatic carbocycles. The average Bonchev–Trinajstić information content (AvgIpc) is 2.29. The molecule has 0 atom stereocenters. The van der Waals surface area contributed by atoms with Crippen LogP contribution in [0, 0.1) is 11.3 Å². The zero-order chi connectivity index (χ0) is 11.6. The highest BCUT2D eigenvalue weighted by Gasteiger charge is 2.34. The highest BCUT2D eigenvalue weighted by atomic mass is 19.3. The number of halogens is 2. The summed E-state index contributed by atoms with van der Waals surface area (Å²) >= 11 is 0. The second-order valence-electron chi connectivity index (χ2n) is 3.69. The average molecular weight is 224 g/mol. The van der Waals surface area contributed by atoms with Crippen LogP contribution in [0.25, 0.3) is 0 Å². The predicted molar refractivity (Wildman–Crippen MR) is 53.1 cm³/mol. The predicted octanol–water partition coefficient (Wildman–Crippen LogP) is 1.58. The van der Waals surface area contributed by atoms with Crippen LogP contribution >= 0.6 is 0 Å². The highest BCUT2D eigenvalue weighted by molar-refractivity contribution is 5.39. The largest absolute Gasteiger partial charge is 0.356 e. The molecule has 16 heavy (non-hydrogen) atoms. The van der Waals surface area contributed by atoms with Gasteiger partial charge in [-0.05, 0) is 6.07 Å². The molecule has 0 N–H and O–H groups in total. The number of hydrogen-bond donors (Lipinski definition) is 0. The van der Waals surface area contributed by atoms with E-state index in [1.54, 1.807) is 11.0 Å². The highest BCUT2D eigenvalue weighted by Crippen LogP contribution is 2.29. The number of alkyl halides is 2. The van der Waals surface area contributed by atoms with Crippen molar-refractivity contribution in [1.82, 2.24) is 9.97 Å². The third-order valence-electron chi connectivity index (χ3n) is 2.56. The van der Waals surface area contributed by atoms with Gasteiger partial charge in [0.1, 0.15) is 11.9 Å². The van der Waals surface area contributed by atoms with Gasteiger partial charge in [-0.2, -0.15) is 5.26 Å². The normalized spacial score (nSPS) is 19.2. The van der Waals surface area contributed by atoms with E-state index in [1.807, 2.05) is 6.07 Å². The van der Waals surface area contributed by atoms with Gasteiger partial charge in [0.05, 0.1) is 0 Å². The van der Waals surface area contributed by atoms with E-state index in [1.165, 1.54) is 6.20 Å². The monoisotopic (exact) mass is 224 g/mol. The molecule has 0 bridgehead atoms. The molecule has 0 amide bonds. The lowest BCUT2D eigenvalue weighted by Crippen LogP contribution is -2.39. The van der Waals surface area contributed by atoms with E-state index < -0.39 is 5.92 Å². The minimum absolute atomic E-state index is 0.0647. The van der Waals surface area contributed by atoms with Crippen LogP contribution in [0.4, 0.5) is 14.6 Å². The van der Waals surface area contributed by atoms with Crippen molar-refractivity contribution in [1.29, 1.82) is 5.26 Å². The van der Waals surface area contributed by atoms with Gasteiger partial charge in [-0.15, -0.1) is 0 Å². The molecule has 1 aliphatic heterocycles. The van der Waals surface area contributed by atoms with Gasteiger partial charge < -0.3 is 4.90 Å². The Labute approximate surface area is 91.5 Å². The van der Waals surface area contributed by atoms with Crippen molar-refractivity contribution in [3.63, 3.8) is 0 Å². The van der Waals surface area contributed by atoms with Crippen molar-refractivity contribution in [2.75, 3.05) is 18.0 Å². The standard InChI is InChI=1S/C10H10F2N4/c11-10(12)2-5-16(6-3-10)9-1-4-14-8(7-13)15-9/h1,4H,2-3,5-6H2. The topological polar surface area (TPSA) is 52.8 Å². The first-order chi connectivity index (χ1) is 7.61. The van der Waals surface area contributed by atoms with Crippen LogP contribution in [0.1, 0.15) is 18.7 Å². The summed E-state index contributed by atoms with van der Waals surface area (Å²) in [6.07, 6.45) is 1.13. The summed E-state index contributed by atoms with van der Waals surface area (Å²) in [5, 5.41) is 8.63. The number of rotatable bonds is 1. The Morgan fingerprint density at radius 3 is 2.69 bits per heavy atom. The molecule has 1 aromatic heterocycles.